The number of benzene rings is 2. The van der Waals surface area contributed by atoms with Gasteiger partial charge < -0.3 is 14.8 Å². The molecule has 0 amide bonds. The lowest BCUT2D eigenvalue weighted by Crippen LogP contribution is -2.25. The number of hydrogen-bond donors (Lipinski definition) is 1. The van der Waals surface area contributed by atoms with Crippen LogP contribution in [0.4, 0.5) is 14.5 Å². The largest absolute Gasteiger partial charge is 0.586 e. The summed E-state index contributed by atoms with van der Waals surface area (Å²) in [5, 5.41) is 4.14. The monoisotopic (exact) mass is 331 g/mol. The van der Waals surface area contributed by atoms with Gasteiger partial charge in [-0.1, -0.05) is 23.2 Å². The summed E-state index contributed by atoms with van der Waals surface area (Å²) < 4.78 is 34.5. The first-order chi connectivity index (χ1) is 9.91. The van der Waals surface area contributed by atoms with E-state index in [9.17, 15) is 8.78 Å². The van der Waals surface area contributed by atoms with Crippen LogP contribution in [0.15, 0.2) is 36.4 Å². The van der Waals surface area contributed by atoms with E-state index in [1.807, 2.05) is 0 Å². The van der Waals surface area contributed by atoms with Gasteiger partial charge in [-0.05, 0) is 35.9 Å². The highest BCUT2D eigenvalue weighted by Gasteiger charge is 2.43. The van der Waals surface area contributed by atoms with E-state index in [-0.39, 0.29) is 11.5 Å². The van der Waals surface area contributed by atoms with Gasteiger partial charge in [0.15, 0.2) is 11.5 Å². The van der Waals surface area contributed by atoms with Gasteiger partial charge in [-0.15, -0.1) is 8.78 Å². The molecule has 0 saturated heterocycles. The highest BCUT2D eigenvalue weighted by atomic mass is 35.5. The molecule has 7 heteroatoms. The normalized spacial score (nSPS) is 15.0. The Bertz CT molecular complexity index is 674. The zero-order valence-corrected chi connectivity index (χ0v) is 12.0. The summed E-state index contributed by atoms with van der Waals surface area (Å²) in [6, 6.07) is 9.65. The van der Waals surface area contributed by atoms with Gasteiger partial charge in [0.1, 0.15) is 0 Å². The molecule has 1 aliphatic heterocycles. The van der Waals surface area contributed by atoms with Crippen molar-refractivity contribution in [1.82, 2.24) is 0 Å². The molecule has 3 nitrogen and oxygen atoms in total. The summed E-state index contributed by atoms with van der Waals surface area (Å²) in [6.45, 7) is 0.441. The van der Waals surface area contributed by atoms with Crippen LogP contribution in [0.25, 0.3) is 0 Å². The Hall–Kier alpha value is -1.72. The minimum Gasteiger partial charge on any atom is -0.395 e. The fraction of sp³-hybridized carbons (Fsp3) is 0.143. The average Bonchev–Trinajstić information content (AvgIpc) is 2.68. The molecule has 0 radical (unpaired) electrons. The van der Waals surface area contributed by atoms with Gasteiger partial charge in [0.05, 0.1) is 0 Å². The lowest BCUT2D eigenvalue weighted by atomic mass is 10.2. The molecule has 0 spiro atoms. The van der Waals surface area contributed by atoms with Crippen LogP contribution in [0, 0.1) is 0 Å². The predicted molar refractivity (Wildman–Crippen MR) is 76.4 cm³/mol. The second-order valence-electron chi connectivity index (χ2n) is 4.46. The third-order valence-corrected chi connectivity index (χ3v) is 3.26. The molecule has 1 heterocycles. The minimum atomic E-state index is -3.61. The van der Waals surface area contributed by atoms with Crippen LogP contribution in [0.2, 0.25) is 10.0 Å². The first-order valence-electron chi connectivity index (χ1n) is 6.00. The number of fused-ring (bicyclic) bond motifs is 1. The van der Waals surface area contributed by atoms with Crippen LogP contribution in [-0.2, 0) is 6.54 Å². The summed E-state index contributed by atoms with van der Waals surface area (Å²) in [6.07, 6.45) is -3.61. The van der Waals surface area contributed by atoms with Crippen molar-refractivity contribution in [3.8, 4) is 11.5 Å². The van der Waals surface area contributed by atoms with Crippen LogP contribution >= 0.6 is 23.2 Å². The maximum atomic E-state index is 12.9. The molecule has 0 fully saturated rings. The lowest BCUT2D eigenvalue weighted by molar-refractivity contribution is -0.286. The molecular weight excluding hydrogens is 323 g/mol. The van der Waals surface area contributed by atoms with Crippen molar-refractivity contribution in [2.75, 3.05) is 5.32 Å². The Morgan fingerprint density at radius 2 is 1.62 bits per heavy atom. The molecule has 2 aromatic rings. The number of nitrogens with one attached hydrogen (secondary N) is 1. The van der Waals surface area contributed by atoms with Crippen LogP contribution in [-0.4, -0.2) is 6.29 Å². The van der Waals surface area contributed by atoms with E-state index in [0.717, 1.165) is 5.56 Å². The number of halogens is 4. The van der Waals surface area contributed by atoms with Crippen molar-refractivity contribution in [2.24, 2.45) is 0 Å². The summed E-state index contributed by atoms with van der Waals surface area (Å²) >= 11 is 11.8. The molecule has 0 saturated carbocycles. The van der Waals surface area contributed by atoms with Gasteiger partial charge in [0, 0.05) is 28.3 Å². The smallest absolute Gasteiger partial charge is 0.395 e. The SMILES string of the molecule is FC1(F)Oc2ccc(NCc3cc(Cl)cc(Cl)c3)cc2O1. The first-order valence-corrected chi connectivity index (χ1v) is 6.76. The van der Waals surface area contributed by atoms with Gasteiger partial charge >= 0.3 is 6.29 Å². The quantitative estimate of drug-likeness (QED) is 0.865. The highest BCUT2D eigenvalue weighted by molar-refractivity contribution is 6.34. The molecule has 110 valence electrons. The van der Waals surface area contributed by atoms with E-state index >= 15 is 0 Å². The third-order valence-electron chi connectivity index (χ3n) is 2.82. The molecular formula is C14H9Cl2F2NO2. The van der Waals surface area contributed by atoms with Gasteiger partial charge in [-0.3, -0.25) is 0 Å². The summed E-state index contributed by atoms with van der Waals surface area (Å²) in [5.74, 6) is 0.00507. The Morgan fingerprint density at radius 1 is 0.952 bits per heavy atom. The second-order valence-corrected chi connectivity index (χ2v) is 5.33. The van der Waals surface area contributed by atoms with E-state index < -0.39 is 6.29 Å². The number of alkyl halides is 2. The second kappa shape index (κ2) is 5.24. The molecule has 21 heavy (non-hydrogen) atoms. The van der Waals surface area contributed by atoms with Crippen molar-refractivity contribution in [2.45, 2.75) is 12.8 Å². The fourth-order valence-electron chi connectivity index (χ4n) is 1.98. The number of hydrogen-bond acceptors (Lipinski definition) is 3. The maximum absolute atomic E-state index is 12.9. The summed E-state index contributed by atoms with van der Waals surface area (Å²) in [5.41, 5.74) is 1.49. The van der Waals surface area contributed by atoms with E-state index in [1.165, 1.54) is 12.1 Å². The van der Waals surface area contributed by atoms with Gasteiger partial charge in [-0.2, -0.15) is 0 Å². The summed E-state index contributed by atoms with van der Waals surface area (Å²) in [7, 11) is 0. The maximum Gasteiger partial charge on any atom is 0.586 e. The Morgan fingerprint density at radius 3 is 2.33 bits per heavy atom. The van der Waals surface area contributed by atoms with Gasteiger partial charge in [0.2, 0.25) is 0 Å². The number of ether oxygens (including phenoxy) is 2. The minimum absolute atomic E-state index is 0.00544. The Labute approximate surface area is 129 Å². The lowest BCUT2D eigenvalue weighted by Gasteiger charge is -2.08. The Balaban J connectivity index is 1.72. The van der Waals surface area contributed by atoms with E-state index in [1.54, 1.807) is 24.3 Å². The van der Waals surface area contributed by atoms with Gasteiger partial charge in [-0.25, -0.2) is 0 Å². The molecule has 1 aliphatic rings. The van der Waals surface area contributed by atoms with Crippen molar-refractivity contribution < 1.29 is 18.3 Å². The molecule has 2 aromatic carbocycles. The molecule has 3 rings (SSSR count). The van der Waals surface area contributed by atoms with Gasteiger partial charge in [0.25, 0.3) is 0 Å². The Kier molecular flexibility index (Phi) is 3.55. The molecule has 1 N–H and O–H groups in total. The number of rotatable bonds is 3. The molecule has 0 aromatic heterocycles. The van der Waals surface area contributed by atoms with Crippen LogP contribution in [0.5, 0.6) is 11.5 Å². The van der Waals surface area contributed by atoms with Crippen LogP contribution < -0.4 is 14.8 Å². The van der Waals surface area contributed by atoms with Crippen LogP contribution in [0.1, 0.15) is 5.56 Å². The molecule has 0 unspecified atom stereocenters. The summed E-state index contributed by atoms with van der Waals surface area (Å²) in [4.78, 5) is 0. The van der Waals surface area contributed by atoms with E-state index in [2.05, 4.69) is 14.8 Å². The molecule has 0 atom stereocenters. The molecule has 0 bridgehead atoms. The highest BCUT2D eigenvalue weighted by Crippen LogP contribution is 2.42. The predicted octanol–water partition coefficient (Wildman–Crippen LogP) is 4.93. The zero-order chi connectivity index (χ0) is 15.0. The van der Waals surface area contributed by atoms with E-state index in [4.69, 9.17) is 23.2 Å². The number of anilines is 1. The topological polar surface area (TPSA) is 30.5 Å². The zero-order valence-electron chi connectivity index (χ0n) is 10.5. The standard InChI is InChI=1S/C14H9Cl2F2NO2/c15-9-3-8(4-10(16)5-9)7-19-11-1-2-12-13(6-11)21-14(17,18)20-12/h1-6,19H,7H2. The third kappa shape index (κ3) is 3.31. The first kappa shape index (κ1) is 14.2. The van der Waals surface area contributed by atoms with E-state index in [0.29, 0.717) is 22.3 Å². The fourth-order valence-corrected chi connectivity index (χ4v) is 2.55. The molecule has 0 aliphatic carbocycles. The van der Waals surface area contributed by atoms with Crippen molar-refractivity contribution >= 4 is 28.9 Å². The van der Waals surface area contributed by atoms with Crippen LogP contribution in [0.3, 0.4) is 0 Å². The average molecular weight is 332 g/mol. The van der Waals surface area contributed by atoms with Crippen molar-refractivity contribution in [3.05, 3.63) is 52.0 Å². The van der Waals surface area contributed by atoms with Crippen molar-refractivity contribution in [1.29, 1.82) is 0 Å². The van der Waals surface area contributed by atoms with Crippen molar-refractivity contribution in [3.63, 3.8) is 0 Å².